The number of anilines is 1. The molecule has 1 amide bonds. The van der Waals surface area contributed by atoms with Crippen molar-refractivity contribution in [3.05, 3.63) is 102 Å². The minimum atomic E-state index is -0.225. The van der Waals surface area contributed by atoms with Crippen molar-refractivity contribution in [1.29, 1.82) is 0 Å². The van der Waals surface area contributed by atoms with Crippen LogP contribution < -0.4 is 10.1 Å². The Hall–Kier alpha value is -3.66. The molecule has 0 aliphatic carbocycles. The summed E-state index contributed by atoms with van der Waals surface area (Å²) in [5, 5.41) is 5.16. The van der Waals surface area contributed by atoms with Crippen LogP contribution in [0.2, 0.25) is 0 Å². The van der Waals surface area contributed by atoms with E-state index < -0.39 is 0 Å². The molecule has 0 bridgehead atoms. The normalized spacial score (nSPS) is 10.5. The van der Waals surface area contributed by atoms with Crippen LogP contribution in [0.25, 0.3) is 10.8 Å². The van der Waals surface area contributed by atoms with Crippen LogP contribution in [0.4, 0.5) is 5.69 Å². The number of nitrogens with one attached hydrogen (secondary N) is 1. The maximum atomic E-state index is 12.6. The molecule has 0 atom stereocenters. The Bertz CT molecular complexity index is 1070. The number of pyridine rings is 1. The highest BCUT2D eigenvalue weighted by Crippen LogP contribution is 2.23. The number of ether oxygens (including phenoxy) is 1. The average molecular weight is 354 g/mol. The van der Waals surface area contributed by atoms with Crippen LogP contribution in [0.1, 0.15) is 15.9 Å². The van der Waals surface area contributed by atoms with Gasteiger partial charge in [-0.3, -0.25) is 9.78 Å². The van der Waals surface area contributed by atoms with Gasteiger partial charge in [-0.1, -0.05) is 54.6 Å². The van der Waals surface area contributed by atoms with Gasteiger partial charge in [-0.15, -0.1) is 0 Å². The first-order valence-corrected chi connectivity index (χ1v) is 8.71. The Morgan fingerprint density at radius 2 is 1.70 bits per heavy atom. The zero-order chi connectivity index (χ0) is 18.5. The summed E-state index contributed by atoms with van der Waals surface area (Å²) in [6.07, 6.45) is 3.27. The molecule has 0 saturated heterocycles. The lowest BCUT2D eigenvalue weighted by atomic mass is 10.1. The Kier molecular flexibility index (Phi) is 4.79. The minimum absolute atomic E-state index is 0.225. The molecule has 0 aliphatic heterocycles. The molecule has 0 aliphatic rings. The number of rotatable bonds is 5. The van der Waals surface area contributed by atoms with E-state index in [2.05, 4.69) is 28.5 Å². The lowest BCUT2D eigenvalue weighted by molar-refractivity contribution is 0.102. The fourth-order valence-electron chi connectivity index (χ4n) is 2.99. The highest BCUT2D eigenvalue weighted by Gasteiger charge is 2.13. The molecule has 4 rings (SSSR count). The van der Waals surface area contributed by atoms with Crippen LogP contribution >= 0.6 is 0 Å². The molecule has 1 N–H and O–H groups in total. The SMILES string of the molecule is O=C(Nc1cccnc1)c1ccccc1OCc1cccc2ccccc12. The topological polar surface area (TPSA) is 51.2 Å². The van der Waals surface area contributed by atoms with Crippen molar-refractivity contribution < 1.29 is 9.53 Å². The molecule has 132 valence electrons. The molecule has 0 fully saturated rings. The van der Waals surface area contributed by atoms with E-state index in [1.807, 2.05) is 42.5 Å². The van der Waals surface area contributed by atoms with Gasteiger partial charge >= 0.3 is 0 Å². The second-order valence-electron chi connectivity index (χ2n) is 6.12. The molecule has 0 spiro atoms. The highest BCUT2D eigenvalue weighted by atomic mass is 16.5. The predicted molar refractivity (Wildman–Crippen MR) is 107 cm³/mol. The predicted octanol–water partition coefficient (Wildman–Crippen LogP) is 5.07. The first-order chi connectivity index (χ1) is 13.3. The Morgan fingerprint density at radius 3 is 2.59 bits per heavy atom. The minimum Gasteiger partial charge on any atom is -0.488 e. The fourth-order valence-corrected chi connectivity index (χ4v) is 2.99. The summed E-state index contributed by atoms with van der Waals surface area (Å²) in [6, 6.07) is 25.1. The van der Waals surface area contributed by atoms with E-state index >= 15 is 0 Å². The van der Waals surface area contributed by atoms with Gasteiger partial charge in [-0.25, -0.2) is 0 Å². The molecule has 0 radical (unpaired) electrons. The third kappa shape index (κ3) is 3.80. The summed E-state index contributed by atoms with van der Waals surface area (Å²) < 4.78 is 6.01. The third-order valence-electron chi connectivity index (χ3n) is 4.31. The molecule has 27 heavy (non-hydrogen) atoms. The first-order valence-electron chi connectivity index (χ1n) is 8.71. The van der Waals surface area contributed by atoms with Crippen molar-refractivity contribution in [2.45, 2.75) is 6.61 Å². The van der Waals surface area contributed by atoms with Crippen LogP contribution in [0.15, 0.2) is 91.3 Å². The molecule has 4 heteroatoms. The molecular formula is C23H18N2O2. The Labute approximate surface area is 157 Å². The average Bonchev–Trinajstić information content (AvgIpc) is 2.73. The molecule has 1 aromatic heterocycles. The van der Waals surface area contributed by atoms with Gasteiger partial charge in [-0.2, -0.15) is 0 Å². The number of benzene rings is 3. The standard InChI is InChI=1S/C23H18N2O2/c26-23(25-19-10-6-14-24-15-19)21-12-3-4-13-22(21)27-16-18-9-5-8-17-7-1-2-11-20(17)18/h1-15H,16H2,(H,25,26). The highest BCUT2D eigenvalue weighted by molar-refractivity contribution is 6.06. The van der Waals surface area contributed by atoms with Crippen LogP contribution in [-0.4, -0.2) is 10.9 Å². The number of hydrogen-bond acceptors (Lipinski definition) is 3. The lowest BCUT2D eigenvalue weighted by Gasteiger charge is -2.13. The monoisotopic (exact) mass is 354 g/mol. The van der Waals surface area contributed by atoms with Crippen LogP contribution in [0.3, 0.4) is 0 Å². The number of nitrogens with zero attached hydrogens (tertiary/aromatic N) is 1. The van der Waals surface area contributed by atoms with E-state index in [-0.39, 0.29) is 5.91 Å². The van der Waals surface area contributed by atoms with Gasteiger partial charge in [0, 0.05) is 6.20 Å². The summed E-state index contributed by atoms with van der Waals surface area (Å²) in [7, 11) is 0. The van der Waals surface area contributed by atoms with E-state index in [9.17, 15) is 4.79 Å². The maximum Gasteiger partial charge on any atom is 0.259 e. The number of para-hydroxylation sites is 1. The summed E-state index contributed by atoms with van der Waals surface area (Å²) in [4.78, 5) is 16.7. The zero-order valence-electron chi connectivity index (χ0n) is 14.6. The maximum absolute atomic E-state index is 12.6. The summed E-state index contributed by atoms with van der Waals surface area (Å²) >= 11 is 0. The van der Waals surface area contributed by atoms with E-state index in [4.69, 9.17) is 4.74 Å². The molecular weight excluding hydrogens is 336 g/mol. The van der Waals surface area contributed by atoms with Gasteiger partial charge < -0.3 is 10.1 Å². The fraction of sp³-hybridized carbons (Fsp3) is 0.0435. The zero-order valence-corrected chi connectivity index (χ0v) is 14.6. The number of amides is 1. The molecule has 0 unspecified atom stereocenters. The van der Waals surface area contributed by atoms with Crippen molar-refractivity contribution in [2.75, 3.05) is 5.32 Å². The van der Waals surface area contributed by atoms with Crippen molar-refractivity contribution >= 4 is 22.4 Å². The largest absolute Gasteiger partial charge is 0.488 e. The number of aromatic nitrogens is 1. The van der Waals surface area contributed by atoms with E-state index in [1.165, 1.54) is 5.39 Å². The summed E-state index contributed by atoms with van der Waals surface area (Å²) in [5.74, 6) is 0.323. The number of hydrogen-bond donors (Lipinski definition) is 1. The quantitative estimate of drug-likeness (QED) is 0.545. The third-order valence-corrected chi connectivity index (χ3v) is 4.31. The van der Waals surface area contributed by atoms with Gasteiger partial charge in [0.2, 0.25) is 0 Å². The molecule has 3 aromatic carbocycles. The second kappa shape index (κ2) is 7.70. The van der Waals surface area contributed by atoms with Crippen LogP contribution in [0.5, 0.6) is 5.75 Å². The van der Waals surface area contributed by atoms with Gasteiger partial charge in [0.05, 0.1) is 17.4 Å². The Morgan fingerprint density at radius 1 is 0.889 bits per heavy atom. The number of carbonyl (C=O) groups is 1. The Balaban J connectivity index is 1.55. The van der Waals surface area contributed by atoms with Crippen molar-refractivity contribution in [3.8, 4) is 5.75 Å². The van der Waals surface area contributed by atoms with Crippen LogP contribution in [0, 0.1) is 0 Å². The lowest BCUT2D eigenvalue weighted by Crippen LogP contribution is -2.13. The summed E-state index contributed by atoms with van der Waals surface area (Å²) in [5.41, 5.74) is 2.21. The number of carbonyl (C=O) groups excluding carboxylic acids is 1. The first kappa shape index (κ1) is 16.8. The summed E-state index contributed by atoms with van der Waals surface area (Å²) in [6.45, 7) is 0.387. The van der Waals surface area contributed by atoms with Gasteiger partial charge in [0.15, 0.2) is 0 Å². The van der Waals surface area contributed by atoms with Gasteiger partial charge in [0.1, 0.15) is 12.4 Å². The van der Waals surface area contributed by atoms with Gasteiger partial charge in [0.25, 0.3) is 5.91 Å². The molecule has 4 nitrogen and oxygen atoms in total. The van der Waals surface area contributed by atoms with E-state index in [0.717, 1.165) is 10.9 Å². The van der Waals surface area contributed by atoms with Crippen molar-refractivity contribution in [1.82, 2.24) is 4.98 Å². The van der Waals surface area contributed by atoms with Crippen molar-refractivity contribution in [2.24, 2.45) is 0 Å². The van der Waals surface area contributed by atoms with Gasteiger partial charge in [-0.05, 0) is 40.6 Å². The molecule has 4 aromatic rings. The van der Waals surface area contributed by atoms with E-state index in [0.29, 0.717) is 23.6 Å². The number of fused-ring (bicyclic) bond motifs is 1. The molecule has 0 saturated carbocycles. The van der Waals surface area contributed by atoms with Crippen LogP contribution in [-0.2, 0) is 6.61 Å². The van der Waals surface area contributed by atoms with Crippen molar-refractivity contribution in [3.63, 3.8) is 0 Å². The smallest absolute Gasteiger partial charge is 0.259 e. The second-order valence-corrected chi connectivity index (χ2v) is 6.12. The molecule has 1 heterocycles. The van der Waals surface area contributed by atoms with E-state index in [1.54, 1.807) is 30.6 Å².